The zero-order valence-corrected chi connectivity index (χ0v) is 11.8. The topological polar surface area (TPSA) is 55.1 Å². The molecule has 0 aliphatic rings. The number of carbonyl (C=O) groups excluding carboxylic acids is 1. The second-order valence-electron chi connectivity index (χ2n) is 5.34. The van der Waals surface area contributed by atoms with E-state index in [0.717, 1.165) is 12.0 Å². The van der Waals surface area contributed by atoms with E-state index in [1.54, 1.807) is 12.1 Å². The quantitative estimate of drug-likeness (QED) is 0.831. The molecule has 0 fully saturated rings. The number of rotatable bonds is 6. The van der Waals surface area contributed by atoms with Crippen molar-refractivity contribution < 1.29 is 9.18 Å². The Hall–Kier alpha value is -1.42. The van der Waals surface area contributed by atoms with Gasteiger partial charge in [0.25, 0.3) is 0 Å². The van der Waals surface area contributed by atoms with Crippen LogP contribution in [0.3, 0.4) is 0 Å². The lowest BCUT2D eigenvalue weighted by molar-refractivity contribution is -0.125. The molecule has 3 nitrogen and oxygen atoms in total. The molecule has 2 atom stereocenters. The molecule has 3 N–H and O–H groups in total. The summed E-state index contributed by atoms with van der Waals surface area (Å²) in [4.78, 5) is 12.1. The molecule has 0 aliphatic heterocycles. The van der Waals surface area contributed by atoms with E-state index in [9.17, 15) is 9.18 Å². The van der Waals surface area contributed by atoms with Crippen LogP contribution in [-0.4, -0.2) is 12.5 Å². The first kappa shape index (κ1) is 15.6. The van der Waals surface area contributed by atoms with E-state index in [0.29, 0.717) is 12.5 Å². The normalized spacial score (nSPS) is 14.2. The van der Waals surface area contributed by atoms with Gasteiger partial charge in [-0.25, -0.2) is 4.39 Å². The number of halogens is 1. The Kier molecular flexibility index (Phi) is 5.96. The predicted molar refractivity (Wildman–Crippen MR) is 75.0 cm³/mol. The highest BCUT2D eigenvalue weighted by Crippen LogP contribution is 2.16. The highest BCUT2D eigenvalue weighted by Gasteiger charge is 2.20. The van der Waals surface area contributed by atoms with Crippen molar-refractivity contribution in [1.82, 2.24) is 5.32 Å². The Bertz CT molecular complexity index is 403. The van der Waals surface area contributed by atoms with E-state index in [4.69, 9.17) is 5.73 Å². The lowest BCUT2D eigenvalue weighted by Crippen LogP contribution is -2.37. The first-order valence-electron chi connectivity index (χ1n) is 6.70. The van der Waals surface area contributed by atoms with Crippen molar-refractivity contribution in [3.05, 3.63) is 35.6 Å². The summed E-state index contributed by atoms with van der Waals surface area (Å²) in [6.07, 6.45) is 0.776. The smallest absolute Gasteiger partial charge is 0.224 e. The molecule has 0 aliphatic carbocycles. The van der Waals surface area contributed by atoms with Gasteiger partial charge in [-0.1, -0.05) is 26.0 Å². The number of benzene rings is 1. The maximum Gasteiger partial charge on any atom is 0.224 e. The van der Waals surface area contributed by atoms with Gasteiger partial charge >= 0.3 is 0 Å². The van der Waals surface area contributed by atoms with Gasteiger partial charge in [-0.05, 0) is 37.0 Å². The largest absolute Gasteiger partial charge is 0.349 e. The van der Waals surface area contributed by atoms with E-state index in [2.05, 4.69) is 19.2 Å². The summed E-state index contributed by atoms with van der Waals surface area (Å²) in [5, 5.41) is 2.93. The summed E-state index contributed by atoms with van der Waals surface area (Å²) >= 11 is 0. The van der Waals surface area contributed by atoms with Gasteiger partial charge in [-0.2, -0.15) is 0 Å². The molecule has 0 saturated heterocycles. The van der Waals surface area contributed by atoms with Crippen LogP contribution in [0.5, 0.6) is 0 Å². The molecule has 4 heteroatoms. The monoisotopic (exact) mass is 266 g/mol. The van der Waals surface area contributed by atoms with E-state index < -0.39 is 0 Å². The molecule has 0 heterocycles. The minimum absolute atomic E-state index is 0.0342. The van der Waals surface area contributed by atoms with Crippen LogP contribution in [0.25, 0.3) is 0 Å². The summed E-state index contributed by atoms with van der Waals surface area (Å²) in [5.41, 5.74) is 6.53. The maximum atomic E-state index is 12.8. The van der Waals surface area contributed by atoms with Crippen LogP contribution in [-0.2, 0) is 4.79 Å². The molecule has 1 amide bonds. The number of hydrogen-bond donors (Lipinski definition) is 2. The van der Waals surface area contributed by atoms with Gasteiger partial charge in [0, 0.05) is 6.54 Å². The fourth-order valence-corrected chi connectivity index (χ4v) is 2.05. The molecule has 0 spiro atoms. The molecule has 1 unspecified atom stereocenters. The van der Waals surface area contributed by atoms with Crippen LogP contribution in [0.4, 0.5) is 4.39 Å². The molecule has 0 aromatic heterocycles. The zero-order valence-electron chi connectivity index (χ0n) is 11.8. The summed E-state index contributed by atoms with van der Waals surface area (Å²) < 4.78 is 12.8. The molecule has 0 radical (unpaired) electrons. The average molecular weight is 266 g/mol. The Morgan fingerprint density at radius 2 is 1.84 bits per heavy atom. The van der Waals surface area contributed by atoms with Crippen molar-refractivity contribution in [3.8, 4) is 0 Å². The molecule has 19 heavy (non-hydrogen) atoms. The van der Waals surface area contributed by atoms with Gasteiger partial charge < -0.3 is 11.1 Å². The van der Waals surface area contributed by atoms with Crippen molar-refractivity contribution in [2.75, 3.05) is 6.54 Å². The summed E-state index contributed by atoms with van der Waals surface area (Å²) in [6, 6.07) is 6.01. The second kappa shape index (κ2) is 7.24. The predicted octanol–water partition coefficient (Wildman–Crippen LogP) is 2.62. The van der Waals surface area contributed by atoms with Crippen LogP contribution in [0.15, 0.2) is 24.3 Å². The Morgan fingerprint density at radius 1 is 1.26 bits per heavy atom. The van der Waals surface area contributed by atoms with Gasteiger partial charge in [-0.3, -0.25) is 4.79 Å². The Morgan fingerprint density at radius 3 is 2.32 bits per heavy atom. The number of carbonyl (C=O) groups is 1. The van der Waals surface area contributed by atoms with Gasteiger partial charge in [-0.15, -0.1) is 0 Å². The second-order valence-corrected chi connectivity index (χ2v) is 5.34. The van der Waals surface area contributed by atoms with Gasteiger partial charge in [0.05, 0.1) is 12.0 Å². The number of hydrogen-bond acceptors (Lipinski definition) is 2. The van der Waals surface area contributed by atoms with E-state index in [1.165, 1.54) is 12.1 Å². The molecule has 0 bridgehead atoms. The third kappa shape index (κ3) is 4.99. The van der Waals surface area contributed by atoms with Gasteiger partial charge in [0.1, 0.15) is 5.82 Å². The van der Waals surface area contributed by atoms with Crippen molar-refractivity contribution in [1.29, 1.82) is 0 Å². The van der Waals surface area contributed by atoms with Gasteiger partial charge in [0.2, 0.25) is 5.91 Å². The van der Waals surface area contributed by atoms with Crippen LogP contribution in [0.1, 0.15) is 38.8 Å². The molecule has 0 saturated carbocycles. The molecule has 106 valence electrons. The SMILES string of the molecule is CC(C)CC(CN)C(=O)N[C@H](C)c1ccc(F)cc1. The molecule has 1 aromatic carbocycles. The third-order valence-corrected chi connectivity index (χ3v) is 3.14. The fourth-order valence-electron chi connectivity index (χ4n) is 2.05. The van der Waals surface area contributed by atoms with Crippen LogP contribution >= 0.6 is 0 Å². The van der Waals surface area contributed by atoms with E-state index in [-0.39, 0.29) is 23.7 Å². The lowest BCUT2D eigenvalue weighted by Gasteiger charge is -2.20. The van der Waals surface area contributed by atoms with Crippen LogP contribution in [0, 0.1) is 17.7 Å². The fraction of sp³-hybridized carbons (Fsp3) is 0.533. The summed E-state index contributed by atoms with van der Waals surface area (Å²) in [7, 11) is 0. The molecule has 1 rings (SSSR count). The first-order valence-corrected chi connectivity index (χ1v) is 6.70. The minimum Gasteiger partial charge on any atom is -0.349 e. The van der Waals surface area contributed by atoms with E-state index in [1.807, 2.05) is 6.92 Å². The van der Waals surface area contributed by atoms with Crippen LogP contribution in [0.2, 0.25) is 0 Å². The molecule has 1 aromatic rings. The number of nitrogens with two attached hydrogens (primary N) is 1. The maximum absolute atomic E-state index is 12.8. The van der Waals surface area contributed by atoms with Crippen LogP contribution < -0.4 is 11.1 Å². The highest BCUT2D eigenvalue weighted by molar-refractivity contribution is 5.79. The lowest BCUT2D eigenvalue weighted by atomic mass is 9.96. The third-order valence-electron chi connectivity index (χ3n) is 3.14. The van der Waals surface area contributed by atoms with Gasteiger partial charge in [0.15, 0.2) is 0 Å². The van der Waals surface area contributed by atoms with Crippen molar-refractivity contribution in [2.45, 2.75) is 33.2 Å². The Balaban J connectivity index is 2.62. The summed E-state index contributed by atoms with van der Waals surface area (Å²) in [6.45, 7) is 6.37. The first-order chi connectivity index (χ1) is 8.93. The highest BCUT2D eigenvalue weighted by atomic mass is 19.1. The summed E-state index contributed by atoms with van der Waals surface area (Å²) in [5.74, 6) is -0.0433. The molecular formula is C15H23FN2O. The number of amides is 1. The molecular weight excluding hydrogens is 243 g/mol. The van der Waals surface area contributed by atoms with Crippen molar-refractivity contribution in [2.24, 2.45) is 17.6 Å². The average Bonchev–Trinajstić information content (AvgIpc) is 2.36. The standard InChI is InChI=1S/C15H23FN2O/c1-10(2)8-13(9-17)15(19)18-11(3)12-4-6-14(16)7-5-12/h4-7,10-11,13H,8-9,17H2,1-3H3,(H,18,19)/t11-,13?/m1/s1. The zero-order chi connectivity index (χ0) is 14.4. The van der Waals surface area contributed by atoms with Crippen molar-refractivity contribution >= 4 is 5.91 Å². The van der Waals surface area contributed by atoms with Crippen molar-refractivity contribution in [3.63, 3.8) is 0 Å². The number of nitrogens with one attached hydrogen (secondary N) is 1. The Labute approximate surface area is 114 Å². The minimum atomic E-state index is -0.276. The van der Waals surface area contributed by atoms with E-state index >= 15 is 0 Å².